The van der Waals surface area contributed by atoms with Gasteiger partial charge in [-0.25, -0.2) is 4.39 Å². The lowest BCUT2D eigenvalue weighted by Gasteiger charge is -2.31. The van der Waals surface area contributed by atoms with Crippen molar-refractivity contribution < 1.29 is 14.0 Å². The highest BCUT2D eigenvalue weighted by Gasteiger charge is 2.26. The molecule has 26 heavy (non-hydrogen) atoms. The summed E-state index contributed by atoms with van der Waals surface area (Å²) in [5, 5.41) is 4.98. The Morgan fingerprint density at radius 1 is 1.31 bits per heavy atom. The van der Waals surface area contributed by atoms with Gasteiger partial charge in [-0.15, -0.1) is 11.3 Å². The van der Waals surface area contributed by atoms with E-state index in [1.807, 2.05) is 22.4 Å². The maximum absolute atomic E-state index is 13.2. The minimum atomic E-state index is -0.320. The molecule has 0 aliphatic carbocycles. The smallest absolute Gasteiger partial charge is 0.234 e. The molecule has 3 rings (SSSR count). The Labute approximate surface area is 156 Å². The number of likely N-dealkylation sites (tertiary alicyclic amines) is 1. The van der Waals surface area contributed by atoms with Gasteiger partial charge in [-0.3, -0.25) is 14.5 Å². The predicted octanol–water partition coefficient (Wildman–Crippen LogP) is 2.29. The van der Waals surface area contributed by atoms with Crippen LogP contribution in [0.5, 0.6) is 0 Å². The Morgan fingerprint density at radius 2 is 2.08 bits per heavy atom. The Bertz CT molecular complexity index is 749. The molecule has 1 saturated heterocycles. The number of piperidine rings is 1. The number of nitrogens with one attached hydrogen (secondary N) is 1. The van der Waals surface area contributed by atoms with Gasteiger partial charge in [0.15, 0.2) is 0 Å². The maximum atomic E-state index is 13.2. The lowest BCUT2D eigenvalue weighted by atomic mass is 9.97. The highest BCUT2D eigenvalue weighted by molar-refractivity contribution is 7.10. The van der Waals surface area contributed by atoms with Crippen molar-refractivity contribution in [2.45, 2.75) is 18.9 Å². The number of benzene rings is 1. The zero-order valence-corrected chi connectivity index (χ0v) is 15.2. The first-order chi connectivity index (χ1) is 12.5. The van der Waals surface area contributed by atoms with E-state index in [2.05, 4.69) is 5.32 Å². The van der Waals surface area contributed by atoms with Gasteiger partial charge in [0.25, 0.3) is 0 Å². The number of primary amides is 1. The van der Waals surface area contributed by atoms with Crippen LogP contribution in [0.3, 0.4) is 0 Å². The van der Waals surface area contributed by atoms with Gasteiger partial charge in [0.2, 0.25) is 11.8 Å². The van der Waals surface area contributed by atoms with Crippen LogP contribution >= 0.6 is 11.3 Å². The summed E-state index contributed by atoms with van der Waals surface area (Å²) in [5.74, 6) is -0.937. The molecule has 1 aromatic carbocycles. The molecule has 1 aliphatic heterocycles. The van der Waals surface area contributed by atoms with Crippen molar-refractivity contribution in [1.29, 1.82) is 0 Å². The lowest BCUT2D eigenvalue weighted by Crippen LogP contribution is -2.46. The largest absolute Gasteiger partial charge is 0.369 e. The monoisotopic (exact) mass is 375 g/mol. The second-order valence-corrected chi connectivity index (χ2v) is 7.52. The fourth-order valence-electron chi connectivity index (χ4n) is 3.27. The summed E-state index contributed by atoms with van der Waals surface area (Å²) in [6, 6.07) is 9.70. The zero-order valence-electron chi connectivity index (χ0n) is 14.4. The molecule has 0 radical (unpaired) electrons. The van der Waals surface area contributed by atoms with Crippen LogP contribution in [0.15, 0.2) is 41.8 Å². The number of carbonyl (C=O) groups excluding carboxylic acids is 2. The van der Waals surface area contributed by atoms with Crippen molar-refractivity contribution in [2.75, 3.05) is 19.6 Å². The quantitative estimate of drug-likeness (QED) is 0.813. The lowest BCUT2D eigenvalue weighted by molar-refractivity contribution is -0.127. The highest BCUT2D eigenvalue weighted by Crippen LogP contribution is 2.26. The van der Waals surface area contributed by atoms with E-state index in [0.717, 1.165) is 29.8 Å². The van der Waals surface area contributed by atoms with Crippen molar-refractivity contribution in [1.82, 2.24) is 10.2 Å². The van der Waals surface area contributed by atoms with E-state index in [4.69, 9.17) is 5.73 Å². The molecule has 1 aromatic heterocycles. The highest BCUT2D eigenvalue weighted by atomic mass is 32.1. The van der Waals surface area contributed by atoms with Gasteiger partial charge in [0.1, 0.15) is 5.82 Å². The molecule has 138 valence electrons. The van der Waals surface area contributed by atoms with E-state index < -0.39 is 0 Å². The molecule has 0 unspecified atom stereocenters. The molecular formula is C19H22FN3O2S. The Hall–Kier alpha value is -2.25. The predicted molar refractivity (Wildman–Crippen MR) is 99.1 cm³/mol. The fraction of sp³-hybridized carbons (Fsp3) is 0.368. The summed E-state index contributed by atoms with van der Waals surface area (Å²) >= 11 is 1.54. The van der Waals surface area contributed by atoms with Crippen LogP contribution in [0.2, 0.25) is 0 Å². The summed E-state index contributed by atoms with van der Waals surface area (Å²) in [4.78, 5) is 26.9. The maximum Gasteiger partial charge on any atom is 0.234 e. The van der Waals surface area contributed by atoms with Crippen LogP contribution < -0.4 is 11.1 Å². The number of hydrogen-bond acceptors (Lipinski definition) is 4. The van der Waals surface area contributed by atoms with Gasteiger partial charge in [-0.2, -0.15) is 0 Å². The van der Waals surface area contributed by atoms with Crippen molar-refractivity contribution >= 4 is 23.2 Å². The van der Waals surface area contributed by atoms with Crippen LogP contribution in [-0.4, -0.2) is 36.3 Å². The normalized spacial score (nSPS) is 19.0. The summed E-state index contributed by atoms with van der Waals surface area (Å²) < 4.78 is 13.2. The molecular weight excluding hydrogens is 353 g/mol. The summed E-state index contributed by atoms with van der Waals surface area (Å²) in [6.45, 7) is 1.51. The van der Waals surface area contributed by atoms with E-state index in [1.54, 1.807) is 12.1 Å². The van der Waals surface area contributed by atoms with Crippen LogP contribution in [0, 0.1) is 11.7 Å². The Balaban J connectivity index is 1.68. The van der Waals surface area contributed by atoms with Crippen molar-refractivity contribution in [2.24, 2.45) is 11.7 Å². The molecule has 2 atom stereocenters. The Kier molecular flexibility index (Phi) is 6.00. The third-order valence-corrected chi connectivity index (χ3v) is 5.55. The molecule has 2 amide bonds. The van der Waals surface area contributed by atoms with Gasteiger partial charge >= 0.3 is 0 Å². The summed E-state index contributed by atoms with van der Waals surface area (Å²) in [6.07, 6.45) is 1.63. The second kappa shape index (κ2) is 8.42. The van der Waals surface area contributed by atoms with E-state index in [-0.39, 0.29) is 36.1 Å². The third kappa shape index (κ3) is 4.68. The van der Waals surface area contributed by atoms with Gasteiger partial charge in [0.05, 0.1) is 18.5 Å². The van der Waals surface area contributed by atoms with Gasteiger partial charge in [-0.1, -0.05) is 18.2 Å². The first-order valence-corrected chi connectivity index (χ1v) is 9.51. The summed E-state index contributed by atoms with van der Waals surface area (Å²) in [5.41, 5.74) is 6.23. The van der Waals surface area contributed by atoms with E-state index >= 15 is 0 Å². The number of hydrogen-bond donors (Lipinski definition) is 2. The SMILES string of the molecule is NC(=O)[C@H]1CCCN(CC(=O)N[C@H](c2ccc(F)cc2)c2cccs2)C1. The average molecular weight is 375 g/mol. The molecule has 0 saturated carbocycles. The topological polar surface area (TPSA) is 75.4 Å². The van der Waals surface area contributed by atoms with Crippen molar-refractivity contribution in [3.05, 3.63) is 58.0 Å². The van der Waals surface area contributed by atoms with Crippen LogP contribution in [0.25, 0.3) is 0 Å². The van der Waals surface area contributed by atoms with E-state index in [0.29, 0.717) is 6.54 Å². The van der Waals surface area contributed by atoms with E-state index in [9.17, 15) is 14.0 Å². The zero-order chi connectivity index (χ0) is 18.5. The van der Waals surface area contributed by atoms with Crippen molar-refractivity contribution in [3.63, 3.8) is 0 Å². The standard InChI is InChI=1S/C19H22FN3O2S/c20-15-7-5-13(6-8-15)18(16-4-2-10-26-16)22-17(24)12-23-9-1-3-14(11-23)19(21)25/h2,4-8,10,14,18H,1,3,9,11-12H2,(H2,21,25)(H,22,24)/t14-,18+/m0/s1. The molecule has 1 aliphatic rings. The number of nitrogens with zero attached hydrogens (tertiary/aromatic N) is 1. The Morgan fingerprint density at radius 3 is 2.73 bits per heavy atom. The summed E-state index contributed by atoms with van der Waals surface area (Å²) in [7, 11) is 0. The second-order valence-electron chi connectivity index (χ2n) is 6.54. The minimum Gasteiger partial charge on any atom is -0.369 e. The number of halogens is 1. The number of rotatable bonds is 6. The average Bonchev–Trinajstić information content (AvgIpc) is 3.15. The number of carbonyl (C=O) groups is 2. The van der Waals surface area contributed by atoms with Gasteiger partial charge in [-0.05, 0) is 48.5 Å². The molecule has 1 fully saturated rings. The molecule has 0 bridgehead atoms. The van der Waals surface area contributed by atoms with Crippen LogP contribution in [0.4, 0.5) is 4.39 Å². The van der Waals surface area contributed by atoms with Crippen LogP contribution in [0.1, 0.15) is 29.3 Å². The molecule has 2 aromatic rings. The molecule has 2 heterocycles. The third-order valence-electron chi connectivity index (χ3n) is 4.61. The first kappa shape index (κ1) is 18.5. The molecule has 3 N–H and O–H groups in total. The number of thiophene rings is 1. The number of amides is 2. The van der Waals surface area contributed by atoms with E-state index in [1.165, 1.54) is 23.5 Å². The molecule has 5 nitrogen and oxygen atoms in total. The minimum absolute atomic E-state index is 0.127. The van der Waals surface area contributed by atoms with Crippen LogP contribution in [-0.2, 0) is 9.59 Å². The molecule has 0 spiro atoms. The van der Waals surface area contributed by atoms with Gasteiger partial charge < -0.3 is 11.1 Å². The molecule has 7 heteroatoms. The van der Waals surface area contributed by atoms with Gasteiger partial charge in [0, 0.05) is 11.4 Å². The fourth-order valence-corrected chi connectivity index (χ4v) is 4.07. The number of nitrogens with two attached hydrogens (primary N) is 1. The van der Waals surface area contributed by atoms with Crippen molar-refractivity contribution in [3.8, 4) is 0 Å². The first-order valence-electron chi connectivity index (χ1n) is 8.63.